The number of aromatic amines is 1. The van der Waals surface area contributed by atoms with Gasteiger partial charge in [-0.25, -0.2) is 9.59 Å². The Balaban J connectivity index is 3.21. The van der Waals surface area contributed by atoms with Crippen LogP contribution in [0.15, 0.2) is 15.7 Å². The van der Waals surface area contributed by atoms with Crippen molar-refractivity contribution in [1.82, 2.24) is 9.55 Å². The van der Waals surface area contributed by atoms with E-state index >= 15 is 0 Å². The van der Waals surface area contributed by atoms with E-state index in [1.165, 1.54) is 7.05 Å². The van der Waals surface area contributed by atoms with Crippen molar-refractivity contribution in [3.8, 4) is 0 Å². The summed E-state index contributed by atoms with van der Waals surface area (Å²) in [7, 11) is 1.28. The highest BCUT2D eigenvalue weighted by atomic mass is 16.4. The molecule has 0 aliphatic heterocycles. The predicted molar refractivity (Wildman–Crippen MR) is 44.0 cm³/mol. The molecule has 0 aromatic carbocycles. The number of carboxylic acid groups (broad SMARTS) is 1. The van der Waals surface area contributed by atoms with Gasteiger partial charge in [-0.3, -0.25) is 19.7 Å². The summed E-state index contributed by atoms with van der Waals surface area (Å²) in [4.78, 5) is 34.2. The van der Waals surface area contributed by atoms with E-state index in [0.29, 0.717) is 0 Å². The van der Waals surface area contributed by atoms with Gasteiger partial charge in [0.2, 0.25) is 0 Å². The summed E-state index contributed by atoms with van der Waals surface area (Å²) in [6.45, 7) is 0. The molecule has 0 atom stereocenters. The Morgan fingerprint density at radius 1 is 1.62 bits per heavy atom. The minimum Gasteiger partial charge on any atom is -0.465 e. The van der Waals surface area contributed by atoms with Gasteiger partial charge in [0.25, 0.3) is 5.56 Å². The number of nitrogens with zero attached hydrogens (tertiary/aromatic N) is 1. The molecule has 1 rings (SSSR count). The maximum absolute atomic E-state index is 11.0. The van der Waals surface area contributed by atoms with Crippen LogP contribution < -0.4 is 16.6 Å². The normalized spacial score (nSPS) is 9.62. The van der Waals surface area contributed by atoms with Crippen LogP contribution in [-0.4, -0.2) is 20.8 Å². The predicted octanol–water partition coefficient (Wildman–Crippen LogP) is -0.837. The molecule has 1 aromatic rings. The van der Waals surface area contributed by atoms with Crippen LogP contribution in [0.3, 0.4) is 0 Å². The molecule has 1 aromatic heterocycles. The third-order valence-electron chi connectivity index (χ3n) is 1.39. The lowest BCUT2D eigenvalue weighted by Gasteiger charge is -2.00. The molecular weight excluding hydrogens is 178 g/mol. The van der Waals surface area contributed by atoms with Crippen molar-refractivity contribution in [2.45, 2.75) is 0 Å². The van der Waals surface area contributed by atoms with Crippen LogP contribution in [0.4, 0.5) is 10.6 Å². The van der Waals surface area contributed by atoms with Crippen molar-refractivity contribution in [3.63, 3.8) is 0 Å². The minimum atomic E-state index is -1.34. The molecule has 0 saturated carbocycles. The van der Waals surface area contributed by atoms with Gasteiger partial charge in [-0.1, -0.05) is 0 Å². The largest absolute Gasteiger partial charge is 0.465 e. The van der Waals surface area contributed by atoms with Gasteiger partial charge in [-0.15, -0.1) is 0 Å². The molecule has 0 radical (unpaired) electrons. The topological polar surface area (TPSA) is 104 Å². The van der Waals surface area contributed by atoms with Crippen LogP contribution in [-0.2, 0) is 7.05 Å². The van der Waals surface area contributed by atoms with Crippen molar-refractivity contribution in [1.29, 1.82) is 0 Å². The highest BCUT2D eigenvalue weighted by molar-refractivity contribution is 5.81. The zero-order chi connectivity index (χ0) is 10.0. The quantitative estimate of drug-likeness (QED) is 0.530. The fourth-order valence-electron chi connectivity index (χ4n) is 0.738. The van der Waals surface area contributed by atoms with Gasteiger partial charge in [0.15, 0.2) is 0 Å². The molecule has 0 fully saturated rings. The Kier molecular flexibility index (Phi) is 2.18. The van der Waals surface area contributed by atoms with Crippen molar-refractivity contribution < 1.29 is 9.90 Å². The maximum atomic E-state index is 11.0. The standard InChI is InChI=1S/C6H7N3O4/c1-9-4(10)2-3(7-5(9)11)8-6(12)13/h2,8H,1H3,(H,7,11)(H,12,13). The lowest BCUT2D eigenvalue weighted by molar-refractivity contribution is 0.209. The first-order chi connectivity index (χ1) is 6.00. The molecule has 7 nitrogen and oxygen atoms in total. The average Bonchev–Trinajstić information content (AvgIpc) is 1.98. The van der Waals surface area contributed by atoms with E-state index in [2.05, 4.69) is 4.98 Å². The molecule has 7 heteroatoms. The Bertz CT molecular complexity index is 413. The van der Waals surface area contributed by atoms with Gasteiger partial charge in [0.1, 0.15) is 5.82 Å². The molecule has 70 valence electrons. The smallest absolute Gasteiger partial charge is 0.410 e. The second kappa shape index (κ2) is 3.13. The van der Waals surface area contributed by atoms with Gasteiger partial charge in [-0.2, -0.15) is 0 Å². The van der Waals surface area contributed by atoms with E-state index in [1.807, 2.05) is 5.32 Å². The van der Waals surface area contributed by atoms with Gasteiger partial charge in [0, 0.05) is 13.1 Å². The number of nitrogens with one attached hydrogen (secondary N) is 2. The number of amides is 1. The van der Waals surface area contributed by atoms with Crippen LogP contribution in [0, 0.1) is 0 Å². The first-order valence-electron chi connectivity index (χ1n) is 3.31. The average molecular weight is 185 g/mol. The van der Waals surface area contributed by atoms with Gasteiger partial charge in [0.05, 0.1) is 0 Å². The zero-order valence-electron chi connectivity index (χ0n) is 6.70. The highest BCUT2D eigenvalue weighted by Gasteiger charge is 2.02. The van der Waals surface area contributed by atoms with Gasteiger partial charge >= 0.3 is 11.8 Å². The number of anilines is 1. The molecule has 13 heavy (non-hydrogen) atoms. The van der Waals surface area contributed by atoms with Crippen LogP contribution in [0.5, 0.6) is 0 Å². The van der Waals surface area contributed by atoms with Crippen molar-refractivity contribution >= 4 is 11.9 Å². The zero-order valence-corrected chi connectivity index (χ0v) is 6.70. The number of hydrogen-bond donors (Lipinski definition) is 3. The van der Waals surface area contributed by atoms with Gasteiger partial charge in [-0.05, 0) is 0 Å². The van der Waals surface area contributed by atoms with Crippen molar-refractivity contribution in [3.05, 3.63) is 26.9 Å². The third kappa shape index (κ3) is 1.95. The number of hydrogen-bond acceptors (Lipinski definition) is 3. The summed E-state index contributed by atoms with van der Waals surface area (Å²) >= 11 is 0. The first kappa shape index (κ1) is 9.04. The summed E-state index contributed by atoms with van der Waals surface area (Å²) in [5, 5.41) is 10.1. The van der Waals surface area contributed by atoms with Crippen molar-refractivity contribution in [2.24, 2.45) is 7.05 Å². The van der Waals surface area contributed by atoms with Crippen LogP contribution >= 0.6 is 0 Å². The molecule has 0 spiro atoms. The Morgan fingerprint density at radius 3 is 2.69 bits per heavy atom. The van der Waals surface area contributed by atoms with E-state index < -0.39 is 17.3 Å². The molecule has 0 bridgehead atoms. The number of aromatic nitrogens is 2. The Hall–Kier alpha value is -2.05. The second-order valence-corrected chi connectivity index (χ2v) is 2.32. The fourth-order valence-corrected chi connectivity index (χ4v) is 0.738. The van der Waals surface area contributed by atoms with Crippen LogP contribution in [0.1, 0.15) is 0 Å². The van der Waals surface area contributed by atoms with Crippen LogP contribution in [0.25, 0.3) is 0 Å². The monoisotopic (exact) mass is 185 g/mol. The summed E-state index contributed by atoms with van der Waals surface area (Å²) in [6, 6.07) is 0.982. The van der Waals surface area contributed by atoms with E-state index in [0.717, 1.165) is 10.6 Å². The maximum Gasteiger partial charge on any atom is 0.410 e. The SMILES string of the molecule is Cn1c(=O)cc(NC(=O)O)[nH]c1=O. The summed E-state index contributed by atoms with van der Waals surface area (Å²) in [5.41, 5.74) is -1.25. The second-order valence-electron chi connectivity index (χ2n) is 2.32. The van der Waals surface area contributed by atoms with E-state index in [4.69, 9.17) is 5.11 Å². The van der Waals surface area contributed by atoms with E-state index in [-0.39, 0.29) is 5.82 Å². The first-order valence-corrected chi connectivity index (χ1v) is 3.31. The molecule has 0 saturated heterocycles. The number of rotatable bonds is 1. The Labute approximate surface area is 71.6 Å². The molecule has 0 unspecified atom stereocenters. The molecule has 1 heterocycles. The minimum absolute atomic E-state index is 0.138. The van der Waals surface area contributed by atoms with Crippen molar-refractivity contribution in [2.75, 3.05) is 5.32 Å². The lowest BCUT2D eigenvalue weighted by Crippen LogP contribution is -2.33. The molecule has 3 N–H and O–H groups in total. The number of H-pyrrole nitrogens is 1. The summed E-state index contributed by atoms with van der Waals surface area (Å²) in [5.74, 6) is -0.138. The summed E-state index contributed by atoms with van der Waals surface area (Å²) in [6.07, 6.45) is -1.34. The van der Waals surface area contributed by atoms with Gasteiger partial charge < -0.3 is 5.11 Å². The molecule has 1 amide bonds. The fraction of sp³-hybridized carbons (Fsp3) is 0.167. The molecule has 0 aliphatic rings. The highest BCUT2D eigenvalue weighted by Crippen LogP contribution is 1.91. The molecule has 0 aliphatic carbocycles. The third-order valence-corrected chi connectivity index (χ3v) is 1.39. The Morgan fingerprint density at radius 2 is 2.23 bits per heavy atom. The van der Waals surface area contributed by atoms with Crippen LogP contribution in [0.2, 0.25) is 0 Å². The molecular formula is C6H7N3O4. The van der Waals surface area contributed by atoms with E-state index in [1.54, 1.807) is 0 Å². The lowest BCUT2D eigenvalue weighted by atomic mass is 10.5. The van der Waals surface area contributed by atoms with E-state index in [9.17, 15) is 14.4 Å². The number of carbonyl (C=O) groups is 1. The summed E-state index contributed by atoms with van der Waals surface area (Å²) < 4.78 is 0.826.